The molecule has 0 atom stereocenters. The van der Waals surface area contributed by atoms with Gasteiger partial charge in [0.05, 0.1) is 18.2 Å². The first-order valence-corrected chi connectivity index (χ1v) is 6.78. The van der Waals surface area contributed by atoms with Gasteiger partial charge in [-0.3, -0.25) is 0 Å². The molecule has 20 heavy (non-hydrogen) atoms. The quantitative estimate of drug-likeness (QED) is 0.902. The zero-order valence-corrected chi connectivity index (χ0v) is 12.5. The van der Waals surface area contributed by atoms with E-state index in [4.69, 9.17) is 14.6 Å². The average molecular weight is 341 g/mol. The second kappa shape index (κ2) is 6.72. The third-order valence-corrected chi connectivity index (χ3v) is 3.71. The molecule has 0 aromatic heterocycles. The molecule has 1 N–H and O–H groups in total. The summed E-state index contributed by atoms with van der Waals surface area (Å²) in [6.45, 7) is 0.119. The molecule has 5 heteroatoms. The van der Waals surface area contributed by atoms with Gasteiger partial charge in [-0.1, -0.05) is 18.2 Å². The van der Waals surface area contributed by atoms with Crippen LogP contribution in [0.15, 0.2) is 40.9 Å². The molecule has 2 aromatic rings. The van der Waals surface area contributed by atoms with E-state index in [0.29, 0.717) is 21.5 Å². The van der Waals surface area contributed by atoms with Gasteiger partial charge in [-0.25, -0.2) is 4.39 Å². The number of rotatable bonds is 5. The van der Waals surface area contributed by atoms with Crippen LogP contribution < -0.4 is 9.47 Å². The molecular formula is C15H14BrFO3. The number of methoxy groups -OCH3 is 1. The van der Waals surface area contributed by atoms with Gasteiger partial charge < -0.3 is 14.6 Å². The first-order chi connectivity index (χ1) is 9.65. The highest BCUT2D eigenvalue weighted by Gasteiger charge is 2.09. The van der Waals surface area contributed by atoms with Gasteiger partial charge in [-0.05, 0) is 39.7 Å². The van der Waals surface area contributed by atoms with E-state index in [-0.39, 0.29) is 19.0 Å². The van der Waals surface area contributed by atoms with Crippen molar-refractivity contribution in [3.63, 3.8) is 0 Å². The van der Waals surface area contributed by atoms with Crippen molar-refractivity contribution >= 4 is 15.9 Å². The summed E-state index contributed by atoms with van der Waals surface area (Å²) in [7, 11) is 1.54. The van der Waals surface area contributed by atoms with Crippen molar-refractivity contribution in [3.05, 3.63) is 57.8 Å². The molecular weight excluding hydrogens is 327 g/mol. The molecule has 2 aromatic carbocycles. The molecule has 0 spiro atoms. The molecule has 0 fully saturated rings. The fourth-order valence-electron chi connectivity index (χ4n) is 1.75. The number of benzene rings is 2. The molecule has 0 aliphatic rings. The van der Waals surface area contributed by atoms with Crippen LogP contribution in [0, 0.1) is 5.82 Å². The second-order valence-corrected chi connectivity index (χ2v) is 4.94. The van der Waals surface area contributed by atoms with Crippen LogP contribution in [0.3, 0.4) is 0 Å². The maximum absolute atomic E-state index is 13.4. The Morgan fingerprint density at radius 1 is 1.20 bits per heavy atom. The van der Waals surface area contributed by atoms with Crippen LogP contribution in [0.4, 0.5) is 4.39 Å². The smallest absolute Gasteiger partial charge is 0.162 e. The zero-order valence-electron chi connectivity index (χ0n) is 10.9. The normalized spacial score (nSPS) is 10.4. The van der Waals surface area contributed by atoms with Crippen molar-refractivity contribution in [2.45, 2.75) is 13.2 Å². The minimum absolute atomic E-state index is 0.0794. The fourth-order valence-corrected chi connectivity index (χ4v) is 2.13. The molecule has 0 unspecified atom stereocenters. The molecule has 0 aliphatic carbocycles. The molecule has 0 amide bonds. The predicted molar refractivity (Wildman–Crippen MR) is 77.3 cm³/mol. The summed E-state index contributed by atoms with van der Waals surface area (Å²) in [5.74, 6) is 0.743. The Morgan fingerprint density at radius 2 is 2.00 bits per heavy atom. The molecule has 0 saturated carbocycles. The van der Waals surface area contributed by atoms with E-state index in [2.05, 4.69) is 15.9 Å². The van der Waals surface area contributed by atoms with Crippen LogP contribution in [-0.2, 0) is 13.2 Å². The highest BCUT2D eigenvalue weighted by Crippen LogP contribution is 2.30. The number of hydrogen-bond acceptors (Lipinski definition) is 3. The third kappa shape index (κ3) is 3.29. The van der Waals surface area contributed by atoms with Gasteiger partial charge >= 0.3 is 0 Å². The van der Waals surface area contributed by atoms with E-state index < -0.39 is 0 Å². The topological polar surface area (TPSA) is 38.7 Å². The van der Waals surface area contributed by atoms with Gasteiger partial charge in [-0.15, -0.1) is 0 Å². The number of halogens is 2. The van der Waals surface area contributed by atoms with Gasteiger partial charge in [0.15, 0.2) is 11.5 Å². The lowest BCUT2D eigenvalue weighted by atomic mass is 10.2. The molecule has 0 saturated heterocycles. The predicted octanol–water partition coefficient (Wildman–Crippen LogP) is 3.67. The Morgan fingerprint density at radius 3 is 2.70 bits per heavy atom. The molecule has 3 nitrogen and oxygen atoms in total. The highest BCUT2D eigenvalue weighted by molar-refractivity contribution is 9.10. The fraction of sp³-hybridized carbons (Fsp3) is 0.200. The molecule has 0 heterocycles. The molecule has 106 valence electrons. The Hall–Kier alpha value is -1.59. The van der Waals surface area contributed by atoms with Crippen LogP contribution in [0.5, 0.6) is 11.5 Å². The minimum atomic E-state index is -0.331. The van der Waals surface area contributed by atoms with Gasteiger partial charge in [0.1, 0.15) is 12.4 Å². The standard InChI is InChI=1S/C15H14BrFO3/c1-19-13-6-5-10(8-18)7-14(13)20-9-11-3-2-4-12(17)15(11)16/h2-7,18H,8-9H2,1H3. The van der Waals surface area contributed by atoms with Crippen molar-refractivity contribution in [2.24, 2.45) is 0 Å². The first-order valence-electron chi connectivity index (χ1n) is 5.99. The Kier molecular flexibility index (Phi) is 4.98. The zero-order chi connectivity index (χ0) is 14.5. The molecule has 2 rings (SSSR count). The van der Waals surface area contributed by atoms with Crippen molar-refractivity contribution in [1.82, 2.24) is 0 Å². The highest BCUT2D eigenvalue weighted by atomic mass is 79.9. The van der Waals surface area contributed by atoms with Crippen molar-refractivity contribution in [3.8, 4) is 11.5 Å². The number of aliphatic hydroxyl groups excluding tert-OH is 1. The van der Waals surface area contributed by atoms with Gasteiger partial charge in [-0.2, -0.15) is 0 Å². The SMILES string of the molecule is COc1ccc(CO)cc1OCc1cccc(F)c1Br. The largest absolute Gasteiger partial charge is 0.493 e. The summed E-state index contributed by atoms with van der Waals surface area (Å²) in [4.78, 5) is 0. The van der Waals surface area contributed by atoms with Crippen LogP contribution in [-0.4, -0.2) is 12.2 Å². The van der Waals surface area contributed by atoms with Crippen molar-refractivity contribution < 1.29 is 19.0 Å². The summed E-state index contributed by atoms with van der Waals surface area (Å²) in [5, 5.41) is 9.14. The summed E-state index contributed by atoms with van der Waals surface area (Å²) < 4.78 is 24.6. The minimum Gasteiger partial charge on any atom is -0.493 e. The molecule has 0 aliphatic heterocycles. The maximum Gasteiger partial charge on any atom is 0.162 e. The van der Waals surface area contributed by atoms with E-state index in [9.17, 15) is 4.39 Å². The van der Waals surface area contributed by atoms with E-state index in [1.165, 1.54) is 6.07 Å². The van der Waals surface area contributed by atoms with Crippen LogP contribution in [0.1, 0.15) is 11.1 Å². The van der Waals surface area contributed by atoms with E-state index in [0.717, 1.165) is 5.56 Å². The van der Waals surface area contributed by atoms with Crippen molar-refractivity contribution in [1.29, 1.82) is 0 Å². The Labute approximate surface area is 125 Å². The molecule has 0 bridgehead atoms. The number of aliphatic hydroxyl groups is 1. The third-order valence-electron chi connectivity index (χ3n) is 2.83. The van der Waals surface area contributed by atoms with E-state index >= 15 is 0 Å². The monoisotopic (exact) mass is 340 g/mol. The average Bonchev–Trinajstić information content (AvgIpc) is 2.48. The van der Waals surface area contributed by atoms with Gasteiger partial charge in [0.25, 0.3) is 0 Å². The van der Waals surface area contributed by atoms with Crippen LogP contribution in [0.2, 0.25) is 0 Å². The lowest BCUT2D eigenvalue weighted by Gasteiger charge is -2.12. The van der Waals surface area contributed by atoms with Crippen molar-refractivity contribution in [2.75, 3.05) is 7.11 Å². The lowest BCUT2D eigenvalue weighted by molar-refractivity contribution is 0.271. The van der Waals surface area contributed by atoms with Gasteiger partial charge in [0, 0.05) is 5.56 Å². The molecule has 0 radical (unpaired) electrons. The summed E-state index contributed by atoms with van der Waals surface area (Å²) in [6, 6.07) is 9.95. The summed E-state index contributed by atoms with van der Waals surface area (Å²) in [5.41, 5.74) is 1.42. The van der Waals surface area contributed by atoms with Gasteiger partial charge in [0.2, 0.25) is 0 Å². The summed E-state index contributed by atoms with van der Waals surface area (Å²) >= 11 is 3.19. The maximum atomic E-state index is 13.4. The number of ether oxygens (including phenoxy) is 2. The summed E-state index contributed by atoms with van der Waals surface area (Å²) in [6.07, 6.45) is 0. The first kappa shape index (κ1) is 14.8. The van der Waals surface area contributed by atoms with Crippen LogP contribution in [0.25, 0.3) is 0 Å². The Balaban J connectivity index is 2.19. The Bertz CT molecular complexity index is 602. The van der Waals surface area contributed by atoms with E-state index in [1.54, 1.807) is 37.4 Å². The lowest BCUT2D eigenvalue weighted by Crippen LogP contribution is -2.00. The van der Waals surface area contributed by atoms with E-state index in [1.807, 2.05) is 0 Å². The number of hydrogen-bond donors (Lipinski definition) is 1. The second-order valence-electron chi connectivity index (χ2n) is 4.14. The van der Waals surface area contributed by atoms with Crippen LogP contribution >= 0.6 is 15.9 Å².